The Kier molecular flexibility index (Phi) is 5.82. The average Bonchev–Trinajstić information content (AvgIpc) is 2.38. The van der Waals surface area contributed by atoms with Crippen LogP contribution in [-0.2, 0) is 14.8 Å². The lowest BCUT2D eigenvalue weighted by Crippen LogP contribution is -2.46. The molecule has 0 heterocycles. The highest BCUT2D eigenvalue weighted by molar-refractivity contribution is 7.89. The molecule has 0 aliphatic heterocycles. The molecule has 0 radical (unpaired) electrons. The van der Waals surface area contributed by atoms with Gasteiger partial charge >= 0.3 is 0 Å². The van der Waals surface area contributed by atoms with Crippen LogP contribution in [0.15, 0.2) is 17.0 Å². The first kappa shape index (κ1) is 19.4. The summed E-state index contributed by atoms with van der Waals surface area (Å²) in [7, 11) is -0.811. The summed E-state index contributed by atoms with van der Waals surface area (Å²) in [5.41, 5.74) is 0.897. The van der Waals surface area contributed by atoms with Crippen molar-refractivity contribution in [2.75, 3.05) is 20.7 Å². The number of aryl methyl sites for hydroxylation is 2. The predicted octanol–water partition coefficient (Wildman–Crippen LogP) is 1.85. The number of carbonyl (C=O) groups is 1. The summed E-state index contributed by atoms with van der Waals surface area (Å²) in [6, 6.07) is 3.26. The van der Waals surface area contributed by atoms with Gasteiger partial charge in [0, 0.05) is 12.6 Å². The third-order valence-electron chi connectivity index (χ3n) is 3.26. The minimum absolute atomic E-state index is 0.182. The smallest absolute Gasteiger partial charge is 0.243 e. The second-order valence-corrected chi connectivity index (χ2v) is 8.66. The van der Waals surface area contributed by atoms with Crippen molar-refractivity contribution in [1.29, 1.82) is 0 Å². The molecule has 6 nitrogen and oxygen atoms in total. The second kappa shape index (κ2) is 6.88. The predicted molar refractivity (Wildman–Crippen MR) is 90.2 cm³/mol. The lowest BCUT2D eigenvalue weighted by Gasteiger charge is -2.24. The van der Waals surface area contributed by atoms with Crippen molar-refractivity contribution in [2.45, 2.75) is 45.1 Å². The van der Waals surface area contributed by atoms with E-state index in [1.54, 1.807) is 33.1 Å². The molecule has 0 spiro atoms. The molecular weight excluding hydrogens is 316 g/mol. The highest BCUT2D eigenvalue weighted by atomic mass is 32.2. The Balaban J connectivity index is 3.07. The van der Waals surface area contributed by atoms with Crippen LogP contribution in [0.2, 0.25) is 0 Å². The minimum atomic E-state index is -3.75. The van der Waals surface area contributed by atoms with Gasteiger partial charge in [0.05, 0.1) is 18.6 Å². The zero-order valence-electron chi connectivity index (χ0n) is 14.9. The molecule has 0 atom stereocenters. The van der Waals surface area contributed by atoms with Gasteiger partial charge in [0.1, 0.15) is 5.75 Å². The number of likely N-dealkylation sites (N-methyl/N-ethyl adjacent to an activating group) is 1. The average molecular weight is 342 g/mol. The molecule has 1 aromatic rings. The van der Waals surface area contributed by atoms with Gasteiger partial charge < -0.3 is 10.1 Å². The van der Waals surface area contributed by atoms with Gasteiger partial charge in [-0.25, -0.2) is 8.42 Å². The van der Waals surface area contributed by atoms with Crippen LogP contribution in [-0.4, -0.2) is 44.9 Å². The molecule has 1 aromatic carbocycles. The first-order chi connectivity index (χ1) is 10.4. The molecule has 0 unspecified atom stereocenters. The monoisotopic (exact) mass is 342 g/mol. The molecule has 7 heteroatoms. The van der Waals surface area contributed by atoms with E-state index in [1.165, 1.54) is 7.05 Å². The second-order valence-electron chi connectivity index (χ2n) is 6.65. The van der Waals surface area contributed by atoms with Crippen molar-refractivity contribution in [2.24, 2.45) is 0 Å². The van der Waals surface area contributed by atoms with E-state index in [-0.39, 0.29) is 17.3 Å². The van der Waals surface area contributed by atoms with Gasteiger partial charge in [0.2, 0.25) is 15.9 Å². The maximum atomic E-state index is 12.7. The van der Waals surface area contributed by atoms with E-state index < -0.39 is 15.6 Å². The molecule has 0 aromatic heterocycles. The summed E-state index contributed by atoms with van der Waals surface area (Å²) in [6.07, 6.45) is 0. The quantitative estimate of drug-likeness (QED) is 0.886. The van der Waals surface area contributed by atoms with Crippen LogP contribution in [0.3, 0.4) is 0 Å². The summed E-state index contributed by atoms with van der Waals surface area (Å²) < 4.78 is 31.7. The molecule has 130 valence electrons. The molecule has 1 rings (SSSR count). The Bertz CT molecular complexity index is 691. The van der Waals surface area contributed by atoms with Gasteiger partial charge in [-0.1, -0.05) is 0 Å². The standard InChI is InChI=1S/C16H26N2O4S/c1-11-9-14(12(2)8-13(11)22-7)23(20,21)18(6)10-15(19)17-16(3,4)5/h8-9H,10H2,1-7H3,(H,17,19). The summed E-state index contributed by atoms with van der Waals surface area (Å²) in [5.74, 6) is 0.293. The first-order valence-corrected chi connectivity index (χ1v) is 8.75. The van der Waals surface area contributed by atoms with E-state index >= 15 is 0 Å². The van der Waals surface area contributed by atoms with Crippen molar-refractivity contribution in [3.63, 3.8) is 0 Å². The van der Waals surface area contributed by atoms with Crippen molar-refractivity contribution >= 4 is 15.9 Å². The molecule has 1 N–H and O–H groups in total. The molecule has 23 heavy (non-hydrogen) atoms. The van der Waals surface area contributed by atoms with E-state index in [4.69, 9.17) is 4.74 Å². The van der Waals surface area contributed by atoms with Crippen LogP contribution in [0.25, 0.3) is 0 Å². The number of nitrogens with zero attached hydrogens (tertiary/aromatic N) is 1. The van der Waals surface area contributed by atoms with Crippen LogP contribution < -0.4 is 10.1 Å². The van der Waals surface area contributed by atoms with E-state index in [9.17, 15) is 13.2 Å². The Morgan fingerprint density at radius 3 is 2.26 bits per heavy atom. The van der Waals surface area contributed by atoms with E-state index in [1.807, 2.05) is 20.8 Å². The van der Waals surface area contributed by atoms with Crippen molar-refractivity contribution in [3.8, 4) is 5.75 Å². The zero-order chi connectivity index (χ0) is 18.0. The van der Waals surface area contributed by atoms with Crippen molar-refractivity contribution in [1.82, 2.24) is 9.62 Å². The van der Waals surface area contributed by atoms with Gasteiger partial charge in [0.25, 0.3) is 0 Å². The molecule has 1 amide bonds. The van der Waals surface area contributed by atoms with Crippen LogP contribution >= 0.6 is 0 Å². The van der Waals surface area contributed by atoms with Gasteiger partial charge in [-0.15, -0.1) is 0 Å². The molecule has 0 saturated carbocycles. The molecule has 0 saturated heterocycles. The Labute approximate surface area is 138 Å². The molecular formula is C16H26N2O4S. The van der Waals surface area contributed by atoms with Crippen molar-refractivity contribution in [3.05, 3.63) is 23.3 Å². The summed E-state index contributed by atoms with van der Waals surface area (Å²) >= 11 is 0. The normalized spacial score (nSPS) is 12.3. The Morgan fingerprint density at radius 2 is 1.78 bits per heavy atom. The molecule has 0 aliphatic carbocycles. The number of rotatable bonds is 5. The van der Waals surface area contributed by atoms with Gasteiger partial charge in [0.15, 0.2) is 0 Å². The maximum Gasteiger partial charge on any atom is 0.243 e. The molecule has 0 bridgehead atoms. The number of nitrogens with one attached hydrogen (secondary N) is 1. The summed E-state index contributed by atoms with van der Waals surface area (Å²) in [4.78, 5) is 12.1. The Morgan fingerprint density at radius 1 is 1.22 bits per heavy atom. The number of hydrogen-bond donors (Lipinski definition) is 1. The van der Waals surface area contributed by atoms with E-state index in [0.29, 0.717) is 11.3 Å². The van der Waals surface area contributed by atoms with Gasteiger partial charge in [-0.2, -0.15) is 4.31 Å². The highest BCUT2D eigenvalue weighted by Crippen LogP contribution is 2.27. The Hall–Kier alpha value is -1.60. The molecule has 0 fully saturated rings. The van der Waals surface area contributed by atoms with Crippen LogP contribution in [0.4, 0.5) is 0 Å². The fourth-order valence-corrected chi connectivity index (χ4v) is 3.59. The van der Waals surface area contributed by atoms with Crippen molar-refractivity contribution < 1.29 is 17.9 Å². The lowest BCUT2D eigenvalue weighted by atomic mass is 10.1. The third-order valence-corrected chi connectivity index (χ3v) is 5.21. The summed E-state index contributed by atoms with van der Waals surface area (Å²) in [5, 5.41) is 2.75. The fourth-order valence-electron chi connectivity index (χ4n) is 2.17. The van der Waals surface area contributed by atoms with E-state index in [2.05, 4.69) is 5.32 Å². The molecule has 0 aliphatic rings. The number of sulfonamides is 1. The SMILES string of the molecule is COc1cc(C)c(S(=O)(=O)N(C)CC(=O)NC(C)(C)C)cc1C. The fraction of sp³-hybridized carbons (Fsp3) is 0.562. The first-order valence-electron chi connectivity index (χ1n) is 7.31. The van der Waals surface area contributed by atoms with E-state index in [0.717, 1.165) is 9.87 Å². The number of amides is 1. The van der Waals surface area contributed by atoms with Crippen LogP contribution in [0.5, 0.6) is 5.75 Å². The third kappa shape index (κ3) is 4.94. The summed E-state index contributed by atoms with van der Waals surface area (Å²) in [6.45, 7) is 8.79. The lowest BCUT2D eigenvalue weighted by molar-refractivity contribution is -0.122. The number of carbonyl (C=O) groups excluding carboxylic acids is 1. The van der Waals surface area contributed by atoms with Gasteiger partial charge in [-0.3, -0.25) is 4.79 Å². The number of ether oxygens (including phenoxy) is 1. The van der Waals surface area contributed by atoms with Crippen LogP contribution in [0.1, 0.15) is 31.9 Å². The van der Waals surface area contributed by atoms with Gasteiger partial charge in [-0.05, 0) is 57.9 Å². The number of methoxy groups -OCH3 is 1. The minimum Gasteiger partial charge on any atom is -0.496 e. The largest absolute Gasteiger partial charge is 0.496 e. The number of benzene rings is 1. The zero-order valence-corrected chi connectivity index (χ0v) is 15.7. The topological polar surface area (TPSA) is 75.7 Å². The number of hydrogen-bond acceptors (Lipinski definition) is 4. The maximum absolute atomic E-state index is 12.7. The highest BCUT2D eigenvalue weighted by Gasteiger charge is 2.26. The van der Waals surface area contributed by atoms with Crippen LogP contribution in [0, 0.1) is 13.8 Å².